The van der Waals surface area contributed by atoms with Crippen LogP contribution in [0.5, 0.6) is 0 Å². The number of rotatable bonds is 1. The van der Waals surface area contributed by atoms with E-state index in [4.69, 9.17) is 0 Å². The molecule has 0 aliphatic rings. The van der Waals surface area contributed by atoms with E-state index in [0.717, 1.165) is 6.61 Å². The average molecular weight is 97.9 g/mol. The Bertz CT molecular complexity index is 12.8. The van der Waals surface area contributed by atoms with Crippen LogP contribution in [0.25, 0.3) is 0 Å². The Morgan fingerprint density at radius 1 is 1.50 bits per heavy atom. The van der Waals surface area contributed by atoms with Crippen molar-refractivity contribution in [2.75, 3.05) is 13.7 Å². The van der Waals surface area contributed by atoms with Gasteiger partial charge in [0.2, 0.25) is 0 Å². The van der Waals surface area contributed by atoms with E-state index in [9.17, 15) is 0 Å². The second-order valence-corrected chi connectivity index (χ2v) is 0.577. The molecule has 6 heavy (non-hydrogen) atoms. The van der Waals surface area contributed by atoms with E-state index >= 15 is 0 Å². The Morgan fingerprint density at radius 2 is 1.67 bits per heavy atom. The molecule has 0 fully saturated rings. The summed E-state index contributed by atoms with van der Waals surface area (Å²) in [6.07, 6.45) is 0. The van der Waals surface area contributed by atoms with Gasteiger partial charge in [0.1, 0.15) is 0 Å². The van der Waals surface area contributed by atoms with Crippen LogP contribution >= 0.6 is 0 Å². The first kappa shape index (κ1) is 15.7. The standard InChI is InChI=1S/C3H8O.BH4.Na/c1-3-4-2;;/h3H2,1-2H3;1H4;/q;-1;+1. The molecular formula is C3H12BNaO. The largest absolute Gasteiger partial charge is 1.00 e. The molecule has 0 amide bonds. The molecule has 0 aromatic rings. The predicted octanol–water partition coefficient (Wildman–Crippen LogP) is -3.79. The minimum atomic E-state index is 0. The molecule has 0 heterocycles. The van der Waals surface area contributed by atoms with Gasteiger partial charge in [0.25, 0.3) is 0 Å². The van der Waals surface area contributed by atoms with Gasteiger partial charge in [-0.1, -0.05) is 8.41 Å². The Morgan fingerprint density at radius 3 is 1.67 bits per heavy atom. The first-order valence-electron chi connectivity index (χ1n) is 1.40. The molecule has 0 atom stereocenters. The summed E-state index contributed by atoms with van der Waals surface area (Å²) in [6, 6.07) is 0. The molecule has 0 aliphatic heterocycles. The Hall–Kier alpha value is 1.02. The smallest absolute Gasteiger partial charge is 0.385 e. The quantitative estimate of drug-likeness (QED) is 0.306. The van der Waals surface area contributed by atoms with Gasteiger partial charge in [-0.2, -0.15) is 0 Å². The first-order chi connectivity index (χ1) is 1.91. The van der Waals surface area contributed by atoms with Crippen LogP contribution in [0.1, 0.15) is 6.92 Å². The monoisotopic (exact) mass is 98.1 g/mol. The number of hydrogen-bond acceptors (Lipinski definition) is 1. The van der Waals surface area contributed by atoms with Crippen LogP contribution in [0, 0.1) is 0 Å². The minimum Gasteiger partial charge on any atom is -0.385 e. The summed E-state index contributed by atoms with van der Waals surface area (Å²) in [5.41, 5.74) is 0. The number of ether oxygens (including phenoxy) is 1. The van der Waals surface area contributed by atoms with E-state index < -0.39 is 0 Å². The fourth-order valence-corrected chi connectivity index (χ4v) is 0. The van der Waals surface area contributed by atoms with Gasteiger partial charge in [0.15, 0.2) is 0 Å². The summed E-state index contributed by atoms with van der Waals surface area (Å²) in [4.78, 5) is 0. The topological polar surface area (TPSA) is 9.23 Å². The van der Waals surface area contributed by atoms with Gasteiger partial charge < -0.3 is 4.74 Å². The maximum atomic E-state index is 4.54. The fraction of sp³-hybridized carbons (Fsp3) is 1.00. The van der Waals surface area contributed by atoms with E-state index in [0.29, 0.717) is 0 Å². The van der Waals surface area contributed by atoms with Crippen molar-refractivity contribution in [2.45, 2.75) is 6.92 Å². The molecular weight excluding hydrogens is 85.8 g/mol. The summed E-state index contributed by atoms with van der Waals surface area (Å²) in [5.74, 6) is 0. The Labute approximate surface area is 63.3 Å². The third kappa shape index (κ3) is 19.9. The van der Waals surface area contributed by atoms with Gasteiger partial charge in [0.05, 0.1) is 0 Å². The SMILES string of the molecule is CCOC.[BH4-].[Na+]. The van der Waals surface area contributed by atoms with Gasteiger partial charge in [-0.15, -0.1) is 0 Å². The van der Waals surface area contributed by atoms with Crippen molar-refractivity contribution < 1.29 is 34.3 Å². The summed E-state index contributed by atoms with van der Waals surface area (Å²) < 4.78 is 4.54. The van der Waals surface area contributed by atoms with E-state index in [1.807, 2.05) is 6.92 Å². The van der Waals surface area contributed by atoms with Crippen LogP contribution in [0.3, 0.4) is 0 Å². The maximum absolute atomic E-state index is 4.54. The predicted molar refractivity (Wildman–Crippen MR) is 28.9 cm³/mol. The normalized spacial score (nSPS) is 5.00. The van der Waals surface area contributed by atoms with Crippen LogP contribution < -0.4 is 29.6 Å². The second-order valence-electron chi connectivity index (χ2n) is 0.577. The van der Waals surface area contributed by atoms with Crippen molar-refractivity contribution in [1.29, 1.82) is 0 Å². The van der Waals surface area contributed by atoms with Gasteiger partial charge >= 0.3 is 29.6 Å². The maximum Gasteiger partial charge on any atom is 1.00 e. The van der Waals surface area contributed by atoms with Crippen molar-refractivity contribution in [1.82, 2.24) is 0 Å². The molecule has 0 saturated heterocycles. The van der Waals surface area contributed by atoms with Crippen molar-refractivity contribution in [3.05, 3.63) is 0 Å². The second kappa shape index (κ2) is 16.6. The van der Waals surface area contributed by atoms with Gasteiger partial charge in [-0.05, 0) is 6.92 Å². The van der Waals surface area contributed by atoms with Crippen LogP contribution in [-0.2, 0) is 4.74 Å². The van der Waals surface area contributed by atoms with Gasteiger partial charge in [-0.25, -0.2) is 0 Å². The van der Waals surface area contributed by atoms with E-state index in [2.05, 4.69) is 4.74 Å². The van der Waals surface area contributed by atoms with E-state index in [1.54, 1.807) is 7.11 Å². The average Bonchev–Trinajstić information content (AvgIpc) is 1.37. The van der Waals surface area contributed by atoms with Gasteiger partial charge in [0, 0.05) is 13.7 Å². The zero-order chi connectivity index (χ0) is 3.41. The van der Waals surface area contributed by atoms with Crippen molar-refractivity contribution in [3.63, 3.8) is 0 Å². The zero-order valence-corrected chi connectivity index (χ0v) is 6.12. The molecule has 34 valence electrons. The molecule has 0 bridgehead atoms. The van der Waals surface area contributed by atoms with E-state index in [-0.39, 0.29) is 38.0 Å². The molecule has 0 unspecified atom stereocenters. The van der Waals surface area contributed by atoms with E-state index in [1.165, 1.54) is 0 Å². The number of methoxy groups -OCH3 is 1. The molecule has 0 aromatic carbocycles. The Balaban J connectivity index is -0.0000000450. The third-order valence-electron chi connectivity index (χ3n) is 0.289. The first-order valence-corrected chi connectivity index (χ1v) is 1.40. The summed E-state index contributed by atoms with van der Waals surface area (Å²) >= 11 is 0. The fourth-order valence-electron chi connectivity index (χ4n) is 0. The molecule has 1 nitrogen and oxygen atoms in total. The van der Waals surface area contributed by atoms with Crippen LogP contribution in [0.4, 0.5) is 0 Å². The molecule has 0 spiro atoms. The summed E-state index contributed by atoms with van der Waals surface area (Å²) in [7, 11) is 1.68. The summed E-state index contributed by atoms with van der Waals surface area (Å²) in [6.45, 7) is 2.78. The van der Waals surface area contributed by atoms with Crippen molar-refractivity contribution >= 4 is 8.41 Å². The molecule has 0 aliphatic carbocycles. The van der Waals surface area contributed by atoms with Gasteiger partial charge in [-0.3, -0.25) is 0 Å². The molecule has 0 N–H and O–H groups in total. The van der Waals surface area contributed by atoms with Crippen LogP contribution in [0.2, 0.25) is 0 Å². The van der Waals surface area contributed by atoms with Crippen molar-refractivity contribution in [3.8, 4) is 0 Å². The molecule has 0 rings (SSSR count). The zero-order valence-electron chi connectivity index (χ0n) is 4.12. The van der Waals surface area contributed by atoms with Crippen LogP contribution in [0.15, 0.2) is 0 Å². The molecule has 0 saturated carbocycles. The summed E-state index contributed by atoms with van der Waals surface area (Å²) in [5, 5.41) is 0. The minimum absolute atomic E-state index is 0. The van der Waals surface area contributed by atoms with Crippen molar-refractivity contribution in [2.24, 2.45) is 0 Å². The third-order valence-corrected chi connectivity index (χ3v) is 0.289. The van der Waals surface area contributed by atoms with Crippen LogP contribution in [-0.4, -0.2) is 22.1 Å². The molecule has 0 aromatic heterocycles. The molecule has 0 radical (unpaired) electrons. The molecule has 3 heteroatoms. The number of hydrogen-bond donors (Lipinski definition) is 0. The Kier molecular flexibility index (Phi) is 43.6.